The molecular formula is C22H34N6S. The summed E-state index contributed by atoms with van der Waals surface area (Å²) in [6, 6.07) is 10.7. The van der Waals surface area contributed by atoms with E-state index in [0.29, 0.717) is 6.54 Å². The molecule has 1 saturated heterocycles. The van der Waals surface area contributed by atoms with Crippen molar-refractivity contribution in [3.8, 4) is 0 Å². The average molecular weight is 415 g/mol. The van der Waals surface area contributed by atoms with Crippen LogP contribution >= 0.6 is 11.3 Å². The number of hydrogen-bond acceptors (Lipinski definition) is 5. The Kier molecular flexibility index (Phi) is 8.77. The van der Waals surface area contributed by atoms with Crippen LogP contribution in [0.5, 0.6) is 0 Å². The Bertz CT molecular complexity index is 737. The molecule has 0 saturated carbocycles. The van der Waals surface area contributed by atoms with Crippen molar-refractivity contribution in [3.05, 3.63) is 46.4 Å². The molecule has 1 aromatic heterocycles. The summed E-state index contributed by atoms with van der Waals surface area (Å²) in [5, 5.41) is 7.84. The van der Waals surface area contributed by atoms with Crippen LogP contribution in [0.15, 0.2) is 41.5 Å². The van der Waals surface area contributed by atoms with E-state index in [-0.39, 0.29) is 0 Å². The van der Waals surface area contributed by atoms with Crippen molar-refractivity contribution in [1.82, 2.24) is 20.5 Å². The van der Waals surface area contributed by atoms with Crippen LogP contribution in [-0.2, 0) is 6.54 Å². The minimum absolute atomic E-state index is 0.638. The van der Waals surface area contributed by atoms with Crippen molar-refractivity contribution in [1.29, 1.82) is 0 Å². The molecule has 0 atom stereocenters. The second-order valence-corrected chi connectivity index (χ2v) is 8.68. The number of hydrogen-bond donors (Lipinski definition) is 2. The molecule has 0 spiro atoms. The Balaban J connectivity index is 1.30. The van der Waals surface area contributed by atoms with Gasteiger partial charge in [-0.3, -0.25) is 4.90 Å². The van der Waals surface area contributed by atoms with Crippen LogP contribution in [0.1, 0.15) is 29.7 Å². The summed E-state index contributed by atoms with van der Waals surface area (Å²) >= 11 is 1.71. The van der Waals surface area contributed by atoms with Gasteiger partial charge in [0.2, 0.25) is 0 Å². The van der Waals surface area contributed by atoms with Gasteiger partial charge < -0.3 is 15.5 Å². The lowest BCUT2D eigenvalue weighted by Crippen LogP contribution is -2.46. The molecule has 0 bridgehead atoms. The summed E-state index contributed by atoms with van der Waals surface area (Å²) in [6.45, 7) is 12.4. The van der Waals surface area contributed by atoms with E-state index in [1.54, 1.807) is 11.3 Å². The number of rotatable bonds is 9. The third-order valence-corrected chi connectivity index (χ3v) is 5.97. The molecule has 2 N–H and O–H groups in total. The Morgan fingerprint density at radius 3 is 2.59 bits per heavy atom. The van der Waals surface area contributed by atoms with Gasteiger partial charge in [-0.2, -0.15) is 0 Å². The van der Waals surface area contributed by atoms with Crippen LogP contribution in [0.4, 0.5) is 5.69 Å². The Morgan fingerprint density at radius 1 is 1.10 bits per heavy atom. The summed E-state index contributed by atoms with van der Waals surface area (Å²) in [7, 11) is 0. The van der Waals surface area contributed by atoms with Crippen LogP contribution in [0.25, 0.3) is 0 Å². The van der Waals surface area contributed by atoms with Gasteiger partial charge in [-0.1, -0.05) is 18.2 Å². The predicted octanol–water partition coefficient (Wildman–Crippen LogP) is 3.11. The maximum absolute atomic E-state index is 4.65. The topological polar surface area (TPSA) is 55.8 Å². The summed E-state index contributed by atoms with van der Waals surface area (Å²) in [5.74, 6) is 0.886. The van der Waals surface area contributed by atoms with Gasteiger partial charge >= 0.3 is 0 Å². The van der Waals surface area contributed by atoms with Crippen molar-refractivity contribution in [2.24, 2.45) is 4.99 Å². The zero-order chi connectivity index (χ0) is 20.3. The molecule has 1 aromatic carbocycles. The van der Waals surface area contributed by atoms with Gasteiger partial charge in [0.15, 0.2) is 5.96 Å². The summed E-state index contributed by atoms with van der Waals surface area (Å²) < 4.78 is 0. The molecule has 29 heavy (non-hydrogen) atoms. The first-order chi connectivity index (χ1) is 14.2. The highest BCUT2D eigenvalue weighted by Crippen LogP contribution is 2.15. The van der Waals surface area contributed by atoms with E-state index < -0.39 is 0 Å². The number of aromatic nitrogens is 1. The number of aryl methyl sites for hydroxylation is 1. The van der Waals surface area contributed by atoms with Crippen molar-refractivity contribution < 1.29 is 0 Å². The molecule has 1 aliphatic rings. The van der Waals surface area contributed by atoms with E-state index in [1.807, 2.05) is 6.20 Å². The lowest BCUT2D eigenvalue weighted by molar-refractivity contribution is 0.253. The molecular weight excluding hydrogens is 380 g/mol. The SMILES string of the molecule is CCNC(=NCc1ncc(C)s1)NCCCCN1CCN(c2ccccc2)CC1. The lowest BCUT2D eigenvalue weighted by atomic mass is 10.2. The van der Waals surface area contributed by atoms with Crippen LogP contribution in [0, 0.1) is 6.92 Å². The third-order valence-electron chi connectivity index (χ3n) is 5.07. The first-order valence-corrected chi connectivity index (χ1v) is 11.5. The quantitative estimate of drug-likeness (QED) is 0.375. The van der Waals surface area contributed by atoms with Crippen LogP contribution in [-0.4, -0.2) is 61.7 Å². The number of nitrogens with one attached hydrogen (secondary N) is 2. The van der Waals surface area contributed by atoms with Crippen molar-refractivity contribution in [3.63, 3.8) is 0 Å². The molecule has 158 valence electrons. The summed E-state index contributed by atoms with van der Waals surface area (Å²) in [4.78, 5) is 15.3. The van der Waals surface area contributed by atoms with Gasteiger partial charge in [-0.05, 0) is 45.4 Å². The molecule has 6 nitrogen and oxygen atoms in total. The second kappa shape index (κ2) is 11.8. The van der Waals surface area contributed by atoms with Crippen LogP contribution in [0.3, 0.4) is 0 Å². The van der Waals surface area contributed by atoms with Crippen molar-refractivity contribution >= 4 is 23.0 Å². The maximum Gasteiger partial charge on any atom is 0.191 e. The highest BCUT2D eigenvalue weighted by atomic mass is 32.1. The standard InChI is InChI=1S/C22H34N6S/c1-3-23-22(26-18-21-25-17-19(2)29-21)24-11-7-8-12-27-13-15-28(16-14-27)20-9-5-4-6-10-20/h4-6,9-10,17H,3,7-8,11-16,18H2,1-2H3,(H2,23,24,26). The molecule has 0 aliphatic carbocycles. The van der Waals surface area contributed by atoms with Crippen LogP contribution in [0.2, 0.25) is 0 Å². The Labute approximate surface area is 179 Å². The number of piperazine rings is 1. The minimum atomic E-state index is 0.638. The second-order valence-electron chi connectivity index (χ2n) is 7.36. The van der Waals surface area contributed by atoms with Gasteiger partial charge in [-0.15, -0.1) is 11.3 Å². The fraction of sp³-hybridized carbons (Fsp3) is 0.545. The lowest BCUT2D eigenvalue weighted by Gasteiger charge is -2.36. The highest BCUT2D eigenvalue weighted by Gasteiger charge is 2.16. The van der Waals surface area contributed by atoms with E-state index in [9.17, 15) is 0 Å². The average Bonchev–Trinajstić information content (AvgIpc) is 3.18. The fourth-order valence-corrected chi connectivity index (χ4v) is 4.21. The van der Waals surface area contributed by atoms with Gasteiger partial charge in [0, 0.05) is 56.0 Å². The number of para-hydroxylation sites is 1. The number of guanidine groups is 1. The first-order valence-electron chi connectivity index (χ1n) is 10.7. The normalized spacial score (nSPS) is 15.5. The first kappa shape index (κ1) is 21.6. The van der Waals surface area contributed by atoms with Gasteiger partial charge in [-0.25, -0.2) is 9.98 Å². The molecule has 7 heteroatoms. The number of benzene rings is 1. The zero-order valence-electron chi connectivity index (χ0n) is 17.7. The summed E-state index contributed by atoms with van der Waals surface area (Å²) in [5.41, 5.74) is 1.35. The van der Waals surface area contributed by atoms with Gasteiger partial charge in [0.1, 0.15) is 5.01 Å². The maximum atomic E-state index is 4.65. The van der Waals surface area contributed by atoms with E-state index in [1.165, 1.54) is 23.5 Å². The fourth-order valence-electron chi connectivity index (χ4n) is 3.50. The van der Waals surface area contributed by atoms with E-state index in [0.717, 1.165) is 56.7 Å². The smallest absolute Gasteiger partial charge is 0.191 e. The summed E-state index contributed by atoms with van der Waals surface area (Å²) in [6.07, 6.45) is 4.28. The molecule has 1 aliphatic heterocycles. The zero-order valence-corrected chi connectivity index (χ0v) is 18.5. The largest absolute Gasteiger partial charge is 0.369 e. The number of anilines is 1. The molecule has 0 radical (unpaired) electrons. The van der Waals surface area contributed by atoms with E-state index in [4.69, 9.17) is 0 Å². The van der Waals surface area contributed by atoms with Crippen LogP contribution < -0.4 is 15.5 Å². The monoisotopic (exact) mass is 414 g/mol. The van der Waals surface area contributed by atoms with Crippen molar-refractivity contribution in [2.75, 3.05) is 50.7 Å². The number of thiazole rings is 1. The third kappa shape index (κ3) is 7.33. The minimum Gasteiger partial charge on any atom is -0.369 e. The molecule has 0 amide bonds. The number of nitrogens with zero attached hydrogens (tertiary/aromatic N) is 4. The highest BCUT2D eigenvalue weighted by molar-refractivity contribution is 7.11. The van der Waals surface area contributed by atoms with E-state index >= 15 is 0 Å². The molecule has 0 unspecified atom stereocenters. The van der Waals surface area contributed by atoms with E-state index in [2.05, 4.69) is 74.6 Å². The van der Waals surface area contributed by atoms with Gasteiger partial charge in [0.05, 0.1) is 6.54 Å². The number of aliphatic imine (C=N–C) groups is 1. The number of unbranched alkanes of at least 4 members (excludes halogenated alkanes) is 1. The molecule has 3 rings (SSSR count). The predicted molar refractivity (Wildman–Crippen MR) is 124 cm³/mol. The van der Waals surface area contributed by atoms with Crippen molar-refractivity contribution in [2.45, 2.75) is 33.2 Å². The Hall–Kier alpha value is -2.12. The molecule has 2 aromatic rings. The molecule has 1 fully saturated rings. The van der Waals surface area contributed by atoms with Gasteiger partial charge in [0.25, 0.3) is 0 Å². The molecule has 2 heterocycles. The Morgan fingerprint density at radius 2 is 1.90 bits per heavy atom.